The third-order valence-corrected chi connectivity index (χ3v) is 7.44. The van der Waals surface area contributed by atoms with Gasteiger partial charge in [-0.05, 0) is 38.1 Å². The molecule has 0 spiro atoms. The summed E-state index contributed by atoms with van der Waals surface area (Å²) in [6.45, 7) is 0.865. The predicted octanol–water partition coefficient (Wildman–Crippen LogP) is -0.280. The summed E-state index contributed by atoms with van der Waals surface area (Å²) in [6, 6.07) is 5.87. The van der Waals surface area contributed by atoms with Crippen molar-refractivity contribution < 1.29 is 16.8 Å². The van der Waals surface area contributed by atoms with Crippen LogP contribution in [0.25, 0.3) is 0 Å². The number of piperazine rings is 1. The van der Waals surface area contributed by atoms with Crippen molar-refractivity contribution in [2.45, 2.75) is 34.7 Å². The van der Waals surface area contributed by atoms with Gasteiger partial charge in [0.1, 0.15) is 0 Å². The highest BCUT2D eigenvalue weighted by molar-refractivity contribution is 7.90. The molecule has 2 bridgehead atoms. The number of fused-ring (bicyclic) bond motifs is 2. The zero-order valence-corrected chi connectivity index (χ0v) is 13.8. The Labute approximate surface area is 130 Å². The Morgan fingerprint density at radius 3 is 2.27 bits per heavy atom. The van der Waals surface area contributed by atoms with E-state index in [-0.39, 0.29) is 21.9 Å². The molecule has 9 heteroatoms. The van der Waals surface area contributed by atoms with Crippen LogP contribution in [0.2, 0.25) is 0 Å². The minimum absolute atomic E-state index is 0.0186. The van der Waals surface area contributed by atoms with E-state index in [1.165, 1.54) is 35.6 Å². The molecule has 3 rings (SSSR count). The maximum atomic E-state index is 12.8. The highest BCUT2D eigenvalue weighted by atomic mass is 32.2. The molecule has 2 N–H and O–H groups in total. The van der Waals surface area contributed by atoms with E-state index < -0.39 is 20.0 Å². The molecule has 22 heavy (non-hydrogen) atoms. The Morgan fingerprint density at radius 2 is 1.68 bits per heavy atom. The fourth-order valence-corrected chi connectivity index (χ4v) is 5.45. The average Bonchev–Trinajstić information content (AvgIpc) is 2.85. The summed E-state index contributed by atoms with van der Waals surface area (Å²) in [7, 11) is -6.05. The molecule has 1 aromatic rings. The van der Waals surface area contributed by atoms with Gasteiger partial charge in [-0.1, -0.05) is 6.07 Å². The van der Waals surface area contributed by atoms with E-state index in [4.69, 9.17) is 0 Å². The second-order valence-electron chi connectivity index (χ2n) is 5.64. The van der Waals surface area contributed by atoms with Crippen LogP contribution >= 0.6 is 0 Å². The molecule has 0 aromatic heterocycles. The number of benzene rings is 1. The highest BCUT2D eigenvalue weighted by Crippen LogP contribution is 2.26. The van der Waals surface area contributed by atoms with Crippen LogP contribution in [0.5, 0.6) is 0 Å². The van der Waals surface area contributed by atoms with Gasteiger partial charge in [-0.3, -0.25) is 0 Å². The van der Waals surface area contributed by atoms with Gasteiger partial charge in [0.2, 0.25) is 20.0 Å². The average molecular weight is 345 g/mol. The molecule has 1 aromatic carbocycles. The molecule has 2 atom stereocenters. The topological polar surface area (TPSA) is 95.6 Å². The van der Waals surface area contributed by atoms with E-state index in [2.05, 4.69) is 10.0 Å². The van der Waals surface area contributed by atoms with Crippen molar-refractivity contribution in [3.8, 4) is 0 Å². The van der Waals surface area contributed by atoms with Crippen LogP contribution in [0.1, 0.15) is 12.8 Å². The van der Waals surface area contributed by atoms with Crippen LogP contribution in [-0.2, 0) is 20.0 Å². The Balaban J connectivity index is 1.94. The van der Waals surface area contributed by atoms with Crippen molar-refractivity contribution >= 4 is 20.0 Å². The number of sulfonamides is 2. The molecule has 2 heterocycles. The highest BCUT2D eigenvalue weighted by Gasteiger charge is 2.38. The third kappa shape index (κ3) is 2.79. The number of nitrogens with one attached hydrogen (secondary N) is 2. The van der Waals surface area contributed by atoms with Gasteiger partial charge < -0.3 is 5.32 Å². The third-order valence-electron chi connectivity index (χ3n) is 4.21. The van der Waals surface area contributed by atoms with Crippen molar-refractivity contribution in [1.82, 2.24) is 14.3 Å². The van der Waals surface area contributed by atoms with Gasteiger partial charge in [-0.25, -0.2) is 21.6 Å². The summed E-state index contributed by atoms with van der Waals surface area (Å²) in [6.07, 6.45) is 1.95. The molecule has 2 fully saturated rings. The Hall–Kier alpha value is -1.00. The molecule has 2 aliphatic rings. The first-order valence-corrected chi connectivity index (χ1v) is 10.0. The van der Waals surface area contributed by atoms with Crippen LogP contribution in [0.3, 0.4) is 0 Å². The number of rotatable bonds is 4. The molecule has 7 nitrogen and oxygen atoms in total. The lowest BCUT2D eigenvalue weighted by Crippen LogP contribution is -2.52. The lowest BCUT2D eigenvalue weighted by atomic mass is 10.2. The van der Waals surface area contributed by atoms with E-state index in [0.717, 1.165) is 12.8 Å². The maximum Gasteiger partial charge on any atom is 0.243 e. The molecule has 122 valence electrons. The molecule has 0 amide bonds. The molecule has 2 aliphatic heterocycles. The largest absolute Gasteiger partial charge is 0.309 e. The summed E-state index contributed by atoms with van der Waals surface area (Å²) in [5.74, 6) is 0. The molecule has 0 saturated carbocycles. The van der Waals surface area contributed by atoms with E-state index in [9.17, 15) is 16.8 Å². The standard InChI is InChI=1S/C13H19N3O4S2/c1-14-21(17,18)12-3-2-4-13(7-12)22(19,20)16-8-10-5-6-11(9-16)15-10/h2-4,7,10-11,14-15H,5-6,8-9H2,1H3. The Bertz CT molecular complexity index is 764. The summed E-state index contributed by atoms with van der Waals surface area (Å²) in [4.78, 5) is -0.0284. The minimum atomic E-state index is -3.68. The first-order valence-electron chi connectivity index (χ1n) is 7.13. The maximum absolute atomic E-state index is 12.8. The molecular weight excluding hydrogens is 326 g/mol. The molecule has 0 aliphatic carbocycles. The quantitative estimate of drug-likeness (QED) is 0.782. The van der Waals surface area contributed by atoms with Gasteiger partial charge >= 0.3 is 0 Å². The Morgan fingerprint density at radius 1 is 1.09 bits per heavy atom. The zero-order chi connectivity index (χ0) is 16.0. The SMILES string of the molecule is CNS(=O)(=O)c1cccc(S(=O)(=O)N2CC3CCC(C2)N3)c1. The van der Waals surface area contributed by atoms with Crippen molar-refractivity contribution in [3.63, 3.8) is 0 Å². The number of hydrogen-bond donors (Lipinski definition) is 2. The Kier molecular flexibility index (Phi) is 4.02. The second-order valence-corrected chi connectivity index (χ2v) is 9.47. The summed E-state index contributed by atoms with van der Waals surface area (Å²) in [5, 5.41) is 3.38. The van der Waals surface area contributed by atoms with Crippen LogP contribution in [-0.4, -0.2) is 53.4 Å². The van der Waals surface area contributed by atoms with E-state index in [1.54, 1.807) is 0 Å². The smallest absolute Gasteiger partial charge is 0.243 e. The normalized spacial score (nSPS) is 26.2. The van der Waals surface area contributed by atoms with Crippen LogP contribution in [0, 0.1) is 0 Å². The second kappa shape index (κ2) is 5.57. The zero-order valence-electron chi connectivity index (χ0n) is 12.2. The van der Waals surface area contributed by atoms with E-state index >= 15 is 0 Å². The van der Waals surface area contributed by atoms with E-state index in [0.29, 0.717) is 13.1 Å². The first kappa shape index (κ1) is 15.9. The van der Waals surface area contributed by atoms with Crippen molar-refractivity contribution in [2.24, 2.45) is 0 Å². The van der Waals surface area contributed by atoms with Gasteiger partial charge in [0, 0.05) is 25.2 Å². The predicted molar refractivity (Wildman–Crippen MR) is 81.4 cm³/mol. The molecule has 0 radical (unpaired) electrons. The van der Waals surface area contributed by atoms with Crippen molar-refractivity contribution in [2.75, 3.05) is 20.1 Å². The fourth-order valence-electron chi connectivity index (χ4n) is 3.02. The summed E-state index contributed by atoms with van der Waals surface area (Å²) < 4.78 is 52.8. The molecule has 2 unspecified atom stereocenters. The van der Waals surface area contributed by atoms with Gasteiger partial charge in [-0.15, -0.1) is 0 Å². The summed E-state index contributed by atoms with van der Waals surface area (Å²) in [5.41, 5.74) is 0. The van der Waals surface area contributed by atoms with Crippen molar-refractivity contribution in [1.29, 1.82) is 0 Å². The molecule has 2 saturated heterocycles. The van der Waals surface area contributed by atoms with Crippen LogP contribution in [0.15, 0.2) is 34.1 Å². The van der Waals surface area contributed by atoms with Crippen LogP contribution in [0.4, 0.5) is 0 Å². The van der Waals surface area contributed by atoms with Crippen molar-refractivity contribution in [3.05, 3.63) is 24.3 Å². The van der Waals surface area contributed by atoms with Gasteiger partial charge in [-0.2, -0.15) is 4.31 Å². The molecular formula is C13H19N3O4S2. The number of nitrogens with zero attached hydrogens (tertiary/aromatic N) is 1. The van der Waals surface area contributed by atoms with Gasteiger partial charge in [0.15, 0.2) is 0 Å². The van der Waals surface area contributed by atoms with Gasteiger partial charge in [0.25, 0.3) is 0 Å². The fraction of sp³-hybridized carbons (Fsp3) is 0.538. The minimum Gasteiger partial charge on any atom is -0.309 e. The van der Waals surface area contributed by atoms with E-state index in [1.807, 2.05) is 0 Å². The van der Waals surface area contributed by atoms with Crippen LogP contribution < -0.4 is 10.0 Å². The lowest BCUT2D eigenvalue weighted by Gasteiger charge is -2.32. The van der Waals surface area contributed by atoms with Gasteiger partial charge in [0.05, 0.1) is 9.79 Å². The summed E-state index contributed by atoms with van der Waals surface area (Å²) >= 11 is 0. The first-order chi connectivity index (χ1) is 10.3. The monoisotopic (exact) mass is 345 g/mol. The lowest BCUT2D eigenvalue weighted by molar-refractivity contribution is 0.296. The number of hydrogen-bond acceptors (Lipinski definition) is 5.